The summed E-state index contributed by atoms with van der Waals surface area (Å²) in [6, 6.07) is 10.7. The van der Waals surface area contributed by atoms with E-state index in [2.05, 4.69) is 41.6 Å². The first-order chi connectivity index (χ1) is 9.79. The van der Waals surface area contributed by atoms with E-state index < -0.39 is 0 Å². The predicted molar refractivity (Wildman–Crippen MR) is 82.9 cm³/mol. The first-order valence-corrected chi connectivity index (χ1v) is 7.59. The Hall–Kier alpha value is -1.45. The van der Waals surface area contributed by atoms with E-state index in [-0.39, 0.29) is 6.04 Å². The van der Waals surface area contributed by atoms with Crippen molar-refractivity contribution >= 4 is 10.9 Å². The highest BCUT2D eigenvalue weighted by Crippen LogP contribution is 2.38. The average Bonchev–Trinajstić information content (AvgIpc) is 2.50. The summed E-state index contributed by atoms with van der Waals surface area (Å²) < 4.78 is 0. The van der Waals surface area contributed by atoms with Crippen LogP contribution in [0.4, 0.5) is 0 Å². The molecule has 3 N–H and O–H groups in total. The van der Waals surface area contributed by atoms with Gasteiger partial charge in [0.15, 0.2) is 0 Å². The van der Waals surface area contributed by atoms with Crippen LogP contribution >= 0.6 is 0 Å². The van der Waals surface area contributed by atoms with Crippen LogP contribution in [0.2, 0.25) is 0 Å². The first kappa shape index (κ1) is 13.5. The van der Waals surface area contributed by atoms with Gasteiger partial charge in [-0.2, -0.15) is 0 Å². The Balaban J connectivity index is 1.95. The molecule has 1 unspecified atom stereocenters. The number of nitrogens with one attached hydrogen (secondary N) is 1. The first-order valence-electron chi connectivity index (χ1n) is 7.59. The maximum absolute atomic E-state index is 5.89. The van der Waals surface area contributed by atoms with E-state index in [1.165, 1.54) is 36.6 Å². The fourth-order valence-corrected chi connectivity index (χ4v) is 3.49. The van der Waals surface area contributed by atoms with Crippen molar-refractivity contribution in [3.63, 3.8) is 0 Å². The number of hydrazine groups is 1. The Kier molecular flexibility index (Phi) is 3.99. The zero-order chi connectivity index (χ0) is 13.9. The van der Waals surface area contributed by atoms with Crippen molar-refractivity contribution in [2.75, 3.05) is 0 Å². The van der Waals surface area contributed by atoms with E-state index in [9.17, 15) is 0 Å². The van der Waals surface area contributed by atoms with Crippen LogP contribution in [0.1, 0.15) is 44.2 Å². The monoisotopic (exact) mass is 269 g/mol. The summed E-state index contributed by atoms with van der Waals surface area (Å²) in [5, 5.41) is 1.22. The number of rotatable bonds is 3. The van der Waals surface area contributed by atoms with Crippen LogP contribution in [-0.4, -0.2) is 4.98 Å². The van der Waals surface area contributed by atoms with Gasteiger partial charge in [-0.25, -0.2) is 0 Å². The van der Waals surface area contributed by atoms with Gasteiger partial charge in [-0.05, 0) is 42.4 Å². The second-order valence-corrected chi connectivity index (χ2v) is 6.08. The van der Waals surface area contributed by atoms with Crippen LogP contribution in [0.15, 0.2) is 36.5 Å². The molecule has 0 radical (unpaired) electrons. The van der Waals surface area contributed by atoms with Gasteiger partial charge in [-0.15, -0.1) is 0 Å². The number of fused-ring (bicyclic) bond motifs is 1. The lowest BCUT2D eigenvalue weighted by molar-refractivity contribution is 0.233. The number of aromatic nitrogens is 1. The molecular weight excluding hydrogens is 246 g/mol. The SMILES string of the molecule is CC1CCC(C(NN)c2ccnc3ccccc23)CC1. The average molecular weight is 269 g/mol. The van der Waals surface area contributed by atoms with Gasteiger partial charge in [0.25, 0.3) is 0 Å². The molecule has 1 atom stereocenters. The molecule has 1 fully saturated rings. The van der Waals surface area contributed by atoms with Gasteiger partial charge in [-0.3, -0.25) is 16.3 Å². The Bertz CT molecular complexity index is 568. The second kappa shape index (κ2) is 5.90. The number of para-hydroxylation sites is 1. The van der Waals surface area contributed by atoms with Crippen molar-refractivity contribution in [1.29, 1.82) is 0 Å². The maximum Gasteiger partial charge on any atom is 0.0705 e. The minimum absolute atomic E-state index is 0.232. The van der Waals surface area contributed by atoms with E-state index in [4.69, 9.17) is 5.84 Å². The van der Waals surface area contributed by atoms with Crippen LogP contribution < -0.4 is 11.3 Å². The highest BCUT2D eigenvalue weighted by atomic mass is 15.2. The minimum atomic E-state index is 0.232. The molecule has 0 spiro atoms. The molecule has 1 aliphatic carbocycles. The van der Waals surface area contributed by atoms with Crippen molar-refractivity contribution in [2.45, 2.75) is 38.6 Å². The number of nitrogens with zero attached hydrogens (tertiary/aromatic N) is 1. The van der Waals surface area contributed by atoms with Gasteiger partial charge in [0.2, 0.25) is 0 Å². The third kappa shape index (κ3) is 2.56. The van der Waals surface area contributed by atoms with E-state index in [1.54, 1.807) is 0 Å². The van der Waals surface area contributed by atoms with Crippen molar-refractivity contribution < 1.29 is 0 Å². The van der Waals surface area contributed by atoms with E-state index >= 15 is 0 Å². The summed E-state index contributed by atoms with van der Waals surface area (Å²) in [7, 11) is 0. The normalized spacial score (nSPS) is 24.7. The smallest absolute Gasteiger partial charge is 0.0705 e. The number of pyridine rings is 1. The van der Waals surface area contributed by atoms with Crippen LogP contribution in [0, 0.1) is 11.8 Å². The Labute approximate surface area is 120 Å². The zero-order valence-corrected chi connectivity index (χ0v) is 12.0. The fraction of sp³-hybridized carbons (Fsp3) is 0.471. The summed E-state index contributed by atoms with van der Waals surface area (Å²) >= 11 is 0. The van der Waals surface area contributed by atoms with Crippen LogP contribution in [0.5, 0.6) is 0 Å². The third-order valence-corrected chi connectivity index (χ3v) is 4.73. The lowest BCUT2D eigenvalue weighted by atomic mass is 9.77. The third-order valence-electron chi connectivity index (χ3n) is 4.73. The summed E-state index contributed by atoms with van der Waals surface area (Å²) in [5.74, 6) is 7.38. The minimum Gasteiger partial charge on any atom is -0.271 e. The standard InChI is InChI=1S/C17H23N3/c1-12-6-8-13(9-7-12)17(20-18)15-10-11-19-16-5-3-2-4-14(15)16/h2-5,10-13,17,20H,6-9,18H2,1H3. The molecule has 1 saturated carbocycles. The molecule has 3 rings (SSSR count). The maximum atomic E-state index is 5.89. The predicted octanol–water partition coefficient (Wildman–Crippen LogP) is 3.57. The van der Waals surface area contributed by atoms with Crippen molar-refractivity contribution in [3.8, 4) is 0 Å². The summed E-state index contributed by atoms with van der Waals surface area (Å²) in [5.41, 5.74) is 5.41. The molecule has 2 aromatic rings. The lowest BCUT2D eigenvalue weighted by Crippen LogP contribution is -2.35. The molecule has 0 bridgehead atoms. The second-order valence-electron chi connectivity index (χ2n) is 6.08. The van der Waals surface area contributed by atoms with Gasteiger partial charge in [0.05, 0.1) is 5.52 Å². The molecular formula is C17H23N3. The van der Waals surface area contributed by atoms with Crippen LogP contribution in [-0.2, 0) is 0 Å². The quantitative estimate of drug-likeness (QED) is 0.661. The molecule has 106 valence electrons. The summed E-state index contributed by atoms with van der Waals surface area (Å²) in [6.07, 6.45) is 7.03. The van der Waals surface area contributed by atoms with Gasteiger partial charge in [0, 0.05) is 17.6 Å². The summed E-state index contributed by atoms with van der Waals surface area (Å²) in [4.78, 5) is 4.45. The molecule has 0 aliphatic heterocycles. The van der Waals surface area contributed by atoms with E-state index in [1.807, 2.05) is 12.3 Å². The van der Waals surface area contributed by atoms with Crippen molar-refractivity contribution in [2.24, 2.45) is 17.7 Å². The van der Waals surface area contributed by atoms with Gasteiger partial charge >= 0.3 is 0 Å². The van der Waals surface area contributed by atoms with Gasteiger partial charge < -0.3 is 0 Å². The summed E-state index contributed by atoms with van der Waals surface area (Å²) in [6.45, 7) is 2.35. The van der Waals surface area contributed by atoms with Crippen molar-refractivity contribution in [3.05, 3.63) is 42.1 Å². The zero-order valence-electron chi connectivity index (χ0n) is 12.0. The number of benzene rings is 1. The fourth-order valence-electron chi connectivity index (χ4n) is 3.49. The van der Waals surface area contributed by atoms with Crippen LogP contribution in [0.3, 0.4) is 0 Å². The largest absolute Gasteiger partial charge is 0.271 e. The molecule has 3 nitrogen and oxygen atoms in total. The molecule has 0 saturated heterocycles. The molecule has 1 aliphatic rings. The number of nitrogens with two attached hydrogens (primary N) is 1. The molecule has 0 amide bonds. The highest BCUT2D eigenvalue weighted by molar-refractivity contribution is 5.82. The topological polar surface area (TPSA) is 50.9 Å². The lowest BCUT2D eigenvalue weighted by Gasteiger charge is -2.33. The molecule has 1 heterocycles. The van der Waals surface area contributed by atoms with Crippen LogP contribution in [0.25, 0.3) is 10.9 Å². The molecule has 3 heteroatoms. The van der Waals surface area contributed by atoms with Gasteiger partial charge in [-0.1, -0.05) is 38.0 Å². The Morgan fingerprint density at radius 3 is 2.65 bits per heavy atom. The Morgan fingerprint density at radius 2 is 1.90 bits per heavy atom. The molecule has 20 heavy (non-hydrogen) atoms. The van der Waals surface area contributed by atoms with E-state index in [0.717, 1.165) is 11.4 Å². The van der Waals surface area contributed by atoms with E-state index in [0.29, 0.717) is 5.92 Å². The number of hydrogen-bond acceptors (Lipinski definition) is 3. The van der Waals surface area contributed by atoms with Gasteiger partial charge in [0.1, 0.15) is 0 Å². The van der Waals surface area contributed by atoms with Crippen molar-refractivity contribution in [1.82, 2.24) is 10.4 Å². The Morgan fingerprint density at radius 1 is 1.15 bits per heavy atom. The molecule has 1 aromatic heterocycles. The highest BCUT2D eigenvalue weighted by Gasteiger charge is 2.27. The molecule has 1 aromatic carbocycles. The number of hydrogen-bond donors (Lipinski definition) is 2.